The number of fused-ring (bicyclic) bond motifs is 1. The molecule has 0 saturated carbocycles. The summed E-state index contributed by atoms with van der Waals surface area (Å²) in [6, 6.07) is 15.2. The summed E-state index contributed by atoms with van der Waals surface area (Å²) < 4.78 is 5.57. The van der Waals surface area contributed by atoms with E-state index >= 15 is 0 Å². The second kappa shape index (κ2) is 4.72. The maximum atomic E-state index is 12.6. The van der Waals surface area contributed by atoms with Crippen LogP contribution in [0, 0.1) is 0 Å². The van der Waals surface area contributed by atoms with Gasteiger partial charge in [-0.2, -0.15) is 0 Å². The van der Waals surface area contributed by atoms with Crippen LogP contribution in [0.4, 0.5) is 0 Å². The number of nitrogens with one attached hydrogen (secondary N) is 1. The zero-order valence-electron chi connectivity index (χ0n) is 11.0. The molecule has 1 saturated heterocycles. The van der Waals surface area contributed by atoms with Gasteiger partial charge in [0.15, 0.2) is 11.9 Å². The molecule has 4 rings (SSSR count). The maximum absolute atomic E-state index is 12.6. The lowest BCUT2D eigenvalue weighted by atomic mass is 10.0. The predicted molar refractivity (Wildman–Crippen MR) is 81.7 cm³/mol. The highest BCUT2D eigenvalue weighted by atomic mass is 35.5. The Balaban J connectivity index is 1.61. The van der Waals surface area contributed by atoms with Crippen molar-refractivity contribution in [1.29, 1.82) is 0 Å². The standard InChI is InChI=1S/C17H12ClNO2/c18-11-7-5-10(6-8-11)16-17(21-16)15(20)13-9-19-14-4-2-1-3-12(13)14/h1-9,16-17,19H/t16-,17-/m1/s1. The summed E-state index contributed by atoms with van der Waals surface area (Å²) in [4.78, 5) is 15.7. The minimum absolute atomic E-state index is 0.0207. The van der Waals surface area contributed by atoms with Crippen molar-refractivity contribution in [3.63, 3.8) is 0 Å². The number of epoxide rings is 1. The SMILES string of the molecule is O=C(c1c[nH]c2ccccc12)[C@H]1O[C@@H]1c1ccc(Cl)cc1. The average Bonchev–Trinajstić information content (AvgIpc) is 3.19. The van der Waals surface area contributed by atoms with Crippen LogP contribution in [-0.2, 0) is 4.74 Å². The van der Waals surface area contributed by atoms with Crippen molar-refractivity contribution in [2.45, 2.75) is 12.2 Å². The van der Waals surface area contributed by atoms with E-state index in [2.05, 4.69) is 4.98 Å². The average molecular weight is 298 g/mol. The maximum Gasteiger partial charge on any atom is 0.196 e. The van der Waals surface area contributed by atoms with Crippen LogP contribution in [0.3, 0.4) is 0 Å². The Morgan fingerprint density at radius 3 is 2.67 bits per heavy atom. The smallest absolute Gasteiger partial charge is 0.196 e. The fraction of sp³-hybridized carbons (Fsp3) is 0.118. The molecule has 0 spiro atoms. The van der Waals surface area contributed by atoms with Crippen LogP contribution in [-0.4, -0.2) is 16.9 Å². The van der Waals surface area contributed by atoms with Gasteiger partial charge in [0.25, 0.3) is 0 Å². The Kier molecular flexibility index (Phi) is 2.84. The van der Waals surface area contributed by atoms with E-state index in [1.165, 1.54) is 0 Å². The fourth-order valence-electron chi connectivity index (χ4n) is 2.65. The summed E-state index contributed by atoms with van der Waals surface area (Å²) in [7, 11) is 0. The lowest BCUT2D eigenvalue weighted by molar-refractivity contribution is 0.0955. The lowest BCUT2D eigenvalue weighted by Crippen LogP contribution is -2.07. The number of hydrogen-bond donors (Lipinski definition) is 1. The van der Waals surface area contributed by atoms with E-state index in [0.29, 0.717) is 10.6 Å². The minimum Gasteiger partial charge on any atom is -0.360 e. The summed E-state index contributed by atoms with van der Waals surface area (Å²) in [6.45, 7) is 0. The van der Waals surface area contributed by atoms with Gasteiger partial charge < -0.3 is 9.72 Å². The third kappa shape index (κ3) is 2.15. The first kappa shape index (κ1) is 12.6. The molecule has 2 heterocycles. The van der Waals surface area contributed by atoms with E-state index in [1.54, 1.807) is 6.20 Å². The van der Waals surface area contributed by atoms with Gasteiger partial charge in [-0.3, -0.25) is 4.79 Å². The van der Waals surface area contributed by atoms with Gasteiger partial charge in [-0.05, 0) is 23.8 Å². The number of halogens is 1. The molecule has 1 fully saturated rings. The topological polar surface area (TPSA) is 45.4 Å². The van der Waals surface area contributed by atoms with Crippen LogP contribution in [0.25, 0.3) is 10.9 Å². The van der Waals surface area contributed by atoms with Gasteiger partial charge in [-0.25, -0.2) is 0 Å². The molecule has 104 valence electrons. The van der Waals surface area contributed by atoms with Crippen molar-refractivity contribution in [1.82, 2.24) is 4.98 Å². The summed E-state index contributed by atoms with van der Waals surface area (Å²) in [5, 5.41) is 1.62. The van der Waals surface area contributed by atoms with Crippen molar-refractivity contribution < 1.29 is 9.53 Å². The number of H-pyrrole nitrogens is 1. The monoisotopic (exact) mass is 297 g/mol. The van der Waals surface area contributed by atoms with Gasteiger partial charge in [0.2, 0.25) is 0 Å². The Bertz CT molecular complexity index is 822. The summed E-state index contributed by atoms with van der Waals surface area (Å²) in [5.74, 6) is 0.0207. The second-order valence-corrected chi connectivity index (χ2v) is 5.58. The number of benzene rings is 2. The number of carbonyl (C=O) groups excluding carboxylic acids is 1. The number of ether oxygens (including phenoxy) is 1. The fourth-order valence-corrected chi connectivity index (χ4v) is 2.77. The van der Waals surface area contributed by atoms with Crippen molar-refractivity contribution in [3.8, 4) is 0 Å². The Hall–Kier alpha value is -2.10. The number of Topliss-reactive ketones (excluding diaryl/α,β-unsaturated/α-hetero) is 1. The zero-order valence-corrected chi connectivity index (χ0v) is 11.8. The number of rotatable bonds is 3. The molecular weight excluding hydrogens is 286 g/mol. The highest BCUT2D eigenvalue weighted by molar-refractivity contribution is 6.30. The molecule has 2 atom stereocenters. The first-order valence-corrected chi connectivity index (χ1v) is 7.13. The third-order valence-electron chi connectivity index (χ3n) is 3.80. The number of para-hydroxylation sites is 1. The molecule has 0 unspecified atom stereocenters. The molecular formula is C17H12ClNO2. The number of aromatic nitrogens is 1. The molecule has 3 aromatic rings. The number of ketones is 1. The van der Waals surface area contributed by atoms with E-state index in [9.17, 15) is 4.79 Å². The molecule has 1 aromatic heterocycles. The van der Waals surface area contributed by atoms with Crippen LogP contribution in [0.15, 0.2) is 54.7 Å². The van der Waals surface area contributed by atoms with Crippen LogP contribution >= 0.6 is 11.6 Å². The first-order valence-electron chi connectivity index (χ1n) is 6.75. The van der Waals surface area contributed by atoms with Gasteiger partial charge in [0, 0.05) is 27.7 Å². The van der Waals surface area contributed by atoms with E-state index in [-0.39, 0.29) is 11.9 Å². The molecule has 0 radical (unpaired) electrons. The molecule has 1 N–H and O–H groups in total. The van der Waals surface area contributed by atoms with Gasteiger partial charge in [0.1, 0.15) is 6.10 Å². The zero-order chi connectivity index (χ0) is 14.4. The van der Waals surface area contributed by atoms with Gasteiger partial charge in [-0.15, -0.1) is 0 Å². The van der Waals surface area contributed by atoms with Crippen molar-refractivity contribution in [3.05, 3.63) is 70.9 Å². The largest absolute Gasteiger partial charge is 0.360 e. The molecule has 3 nitrogen and oxygen atoms in total. The molecule has 1 aliphatic rings. The molecule has 0 bridgehead atoms. The van der Waals surface area contributed by atoms with Crippen LogP contribution in [0.1, 0.15) is 22.0 Å². The number of hydrogen-bond acceptors (Lipinski definition) is 2. The van der Waals surface area contributed by atoms with Crippen molar-refractivity contribution >= 4 is 28.3 Å². The van der Waals surface area contributed by atoms with E-state index in [0.717, 1.165) is 16.5 Å². The quantitative estimate of drug-likeness (QED) is 0.583. The number of aromatic amines is 1. The lowest BCUT2D eigenvalue weighted by Gasteiger charge is -1.97. The predicted octanol–water partition coefficient (Wildman–Crippen LogP) is 4.14. The summed E-state index contributed by atoms with van der Waals surface area (Å²) in [5.41, 5.74) is 2.63. The molecule has 1 aliphatic heterocycles. The van der Waals surface area contributed by atoms with Crippen LogP contribution < -0.4 is 0 Å². The highest BCUT2D eigenvalue weighted by Crippen LogP contribution is 2.41. The molecule has 0 aliphatic carbocycles. The first-order chi connectivity index (χ1) is 10.2. The van der Waals surface area contributed by atoms with E-state index in [4.69, 9.17) is 16.3 Å². The Morgan fingerprint density at radius 1 is 1.10 bits per heavy atom. The summed E-state index contributed by atoms with van der Waals surface area (Å²) >= 11 is 5.87. The second-order valence-electron chi connectivity index (χ2n) is 5.14. The van der Waals surface area contributed by atoms with Crippen molar-refractivity contribution in [2.24, 2.45) is 0 Å². The van der Waals surface area contributed by atoms with Gasteiger partial charge >= 0.3 is 0 Å². The van der Waals surface area contributed by atoms with Crippen LogP contribution in [0.5, 0.6) is 0 Å². The molecule has 21 heavy (non-hydrogen) atoms. The molecule has 4 heteroatoms. The van der Waals surface area contributed by atoms with Crippen LogP contribution in [0.2, 0.25) is 5.02 Å². The summed E-state index contributed by atoms with van der Waals surface area (Å²) in [6.07, 6.45) is 1.20. The Labute approximate surface area is 126 Å². The van der Waals surface area contributed by atoms with E-state index in [1.807, 2.05) is 48.5 Å². The molecule has 2 aromatic carbocycles. The normalized spacial score (nSPS) is 20.6. The van der Waals surface area contributed by atoms with Gasteiger partial charge in [0.05, 0.1) is 0 Å². The number of carbonyl (C=O) groups is 1. The minimum atomic E-state index is -0.398. The van der Waals surface area contributed by atoms with Gasteiger partial charge in [-0.1, -0.05) is 41.9 Å². The Morgan fingerprint density at radius 2 is 1.86 bits per heavy atom. The highest BCUT2D eigenvalue weighted by Gasteiger charge is 2.46. The molecule has 0 amide bonds. The van der Waals surface area contributed by atoms with E-state index < -0.39 is 6.10 Å². The third-order valence-corrected chi connectivity index (χ3v) is 4.06. The van der Waals surface area contributed by atoms with Crippen molar-refractivity contribution in [2.75, 3.05) is 0 Å².